The molecule has 0 saturated heterocycles. The van der Waals surface area contributed by atoms with E-state index < -0.39 is 127 Å². The minimum absolute atomic E-state index is 0.0547. The number of aromatic nitrogens is 10. The van der Waals surface area contributed by atoms with Gasteiger partial charge in [-0.05, 0) is 157 Å². The van der Waals surface area contributed by atoms with E-state index in [-0.39, 0.29) is 128 Å². The van der Waals surface area contributed by atoms with Crippen LogP contribution in [0.1, 0.15) is 119 Å². The molecule has 15 aromatic rings. The molecule has 0 radical (unpaired) electrons. The Bertz CT molecular complexity index is 6230. The summed E-state index contributed by atoms with van der Waals surface area (Å²) < 4.78 is 333. The van der Waals surface area contributed by atoms with Crippen molar-refractivity contribution in [2.45, 2.75) is 91.9 Å². The Morgan fingerprint density at radius 3 is 0.962 bits per heavy atom. The second-order valence-corrected chi connectivity index (χ2v) is 28.8. The molecular formula is C91H69ClF25N15O. The maximum Gasteiger partial charge on any atom is 0.333 e. The maximum atomic E-state index is 14.5. The summed E-state index contributed by atoms with van der Waals surface area (Å²) >= 11 is 5.94. The second-order valence-electron chi connectivity index (χ2n) is 28.4. The van der Waals surface area contributed by atoms with Crippen LogP contribution in [0.15, 0.2) is 237 Å². The molecule has 0 saturated carbocycles. The van der Waals surface area contributed by atoms with Crippen molar-refractivity contribution in [1.29, 1.82) is 0 Å². The average molecular weight is 1900 g/mol. The topological polar surface area (TPSA) is 166 Å². The first-order valence-corrected chi connectivity index (χ1v) is 39.3. The van der Waals surface area contributed by atoms with Crippen LogP contribution in [0, 0.1) is 66.2 Å². The molecule has 0 aliphatic rings. The molecule has 0 aliphatic heterocycles. The zero-order valence-electron chi connectivity index (χ0n) is 68.7. The number of halogens is 26. The van der Waals surface area contributed by atoms with Gasteiger partial charge in [-0.3, -0.25) is 9.48 Å². The van der Waals surface area contributed by atoms with Crippen molar-refractivity contribution < 1.29 is 115 Å². The summed E-state index contributed by atoms with van der Waals surface area (Å²) in [6, 6.07) is 48.6. The van der Waals surface area contributed by atoms with Crippen LogP contribution < -0.4 is 26.6 Å². The highest BCUT2D eigenvalue weighted by Gasteiger charge is 2.29. The van der Waals surface area contributed by atoms with Crippen LogP contribution in [0.4, 0.5) is 138 Å². The highest BCUT2D eigenvalue weighted by Crippen LogP contribution is 2.39. The van der Waals surface area contributed by atoms with E-state index in [0.717, 1.165) is 49.1 Å². The molecule has 1 amide bonds. The second kappa shape index (κ2) is 44.9. The van der Waals surface area contributed by atoms with Crippen molar-refractivity contribution in [2.24, 2.45) is 7.05 Å². The Balaban J connectivity index is 0.000000160. The first-order valence-electron chi connectivity index (χ1n) is 38.9. The van der Waals surface area contributed by atoms with E-state index in [0.29, 0.717) is 50.7 Å². The summed E-state index contributed by atoms with van der Waals surface area (Å²) in [5, 5.41) is 31.1. The SMILES string of the molecule is Cc1cc(F)c(CNc2ccc(-c3cn(C(F)F)nc3C(F)F)cc2)c(F)c1.Cc1nn(C)cc1-c1ccc(NC(=O)c2ccccc2Cl)c(F)c1F.Fc1cccc(F)c1CNc1ccc(-c2cn(C(F)F)nc2C(F)F)cc1.Fc1cccc(F)c1CNc1ccc(-c2cn(C(F)F)nc2C(F)F)cc1.Fc1ccccc1CNc1ccc(-c2cn(C(F)F)nc2C(F)F)cc1. The molecule has 10 aromatic carbocycles. The lowest BCUT2D eigenvalue weighted by Crippen LogP contribution is -2.14. The standard InChI is InChI=1S/C19H15F6N3.C18H14ClF2N3O.2C18H13F6N3.C18H14F5N3/c1-10-6-15(20)13(16(21)7-10)8-26-12-4-2-11(3-5-12)14-9-28(19(24)25)27-17(14)18(22)23;1-10-13(9-24(2)23-10)11-7-8-15(17(21)16(11)20)22-18(25)12-5-3-4-6-14(12)19;2*19-14-2-1-3-15(20)12(14)8-25-11-6-4-10(5-7-11)13-9-27(18(23)24)26-16(13)17(21)22;19-15-4-2-1-3-12(15)9-24-13-7-5-11(6-8-13)14-10-26(18(22)23)25-16(14)17(20)21/h2-7,9,18-19,26H,8H2,1H3;3-9H,1-2H3,(H,22,25);2*1-7,9,17-18,25H,8H2;1-8,10,17-18,24H,9H2. The molecular weight excluding hydrogens is 1830 g/mol. The molecule has 0 bridgehead atoms. The number of hydrogen-bond donors (Lipinski definition) is 5. The van der Waals surface area contributed by atoms with Gasteiger partial charge in [-0.25, -0.2) is 93.4 Å². The molecule has 133 heavy (non-hydrogen) atoms. The molecule has 5 aromatic heterocycles. The third-order valence-electron chi connectivity index (χ3n) is 19.5. The molecule has 0 fully saturated rings. The van der Waals surface area contributed by atoms with Crippen molar-refractivity contribution in [3.63, 3.8) is 0 Å². The van der Waals surface area contributed by atoms with Gasteiger partial charge in [0.05, 0.1) is 22.0 Å². The summed E-state index contributed by atoms with van der Waals surface area (Å²) in [5.74, 6) is -7.27. The first-order chi connectivity index (χ1) is 63.3. The molecule has 0 atom stereocenters. The van der Waals surface area contributed by atoms with Crippen molar-refractivity contribution in [1.82, 2.24) is 48.9 Å². The van der Waals surface area contributed by atoms with Gasteiger partial charge in [-0.2, -0.15) is 60.6 Å². The molecule has 15 rings (SSSR count). The van der Waals surface area contributed by atoms with Crippen molar-refractivity contribution in [2.75, 3.05) is 26.6 Å². The fourth-order valence-corrected chi connectivity index (χ4v) is 13.1. The summed E-state index contributed by atoms with van der Waals surface area (Å²) in [5.41, 5.74) is 1.46. The third kappa shape index (κ3) is 25.4. The van der Waals surface area contributed by atoms with Crippen LogP contribution in [0.25, 0.3) is 55.6 Å². The van der Waals surface area contributed by atoms with E-state index in [4.69, 9.17) is 11.6 Å². The van der Waals surface area contributed by atoms with Gasteiger partial charge in [0.2, 0.25) is 0 Å². The number of benzene rings is 10. The number of anilines is 5. The van der Waals surface area contributed by atoms with E-state index in [1.807, 2.05) is 0 Å². The summed E-state index contributed by atoms with van der Waals surface area (Å²) in [7, 11) is 1.70. The van der Waals surface area contributed by atoms with Gasteiger partial charge in [0.1, 0.15) is 63.5 Å². The van der Waals surface area contributed by atoms with E-state index in [1.54, 1.807) is 75.6 Å². The normalized spacial score (nSPS) is 11.3. The predicted molar refractivity (Wildman–Crippen MR) is 448 cm³/mol. The Kier molecular flexibility index (Phi) is 33.4. The van der Waals surface area contributed by atoms with E-state index in [1.165, 1.54) is 138 Å². The zero-order chi connectivity index (χ0) is 96.3. The number of nitrogens with one attached hydrogen (secondary N) is 5. The number of aryl methyl sites for hydroxylation is 3. The smallest absolute Gasteiger partial charge is 0.333 e. The Morgan fingerprint density at radius 1 is 0.331 bits per heavy atom. The number of hydrogen-bond acceptors (Lipinski definition) is 10. The average Bonchev–Trinajstić information content (AvgIpc) is 1.78. The fourth-order valence-electron chi connectivity index (χ4n) is 12.9. The molecule has 0 spiro atoms. The molecule has 0 unspecified atom stereocenters. The number of alkyl halides is 16. The minimum Gasteiger partial charge on any atom is -0.381 e. The molecule has 5 N–H and O–H groups in total. The lowest BCUT2D eigenvalue weighted by molar-refractivity contribution is 0.0532. The third-order valence-corrected chi connectivity index (χ3v) is 19.8. The summed E-state index contributed by atoms with van der Waals surface area (Å²) in [6.07, 6.45) is -6.95. The van der Waals surface area contributed by atoms with Gasteiger partial charge >= 0.3 is 26.2 Å². The molecule has 0 aliphatic carbocycles. The fraction of sp³-hybridized carbons (Fsp3) is 0.165. The zero-order valence-corrected chi connectivity index (χ0v) is 69.4. The number of nitrogens with zero attached hydrogens (tertiary/aromatic N) is 10. The van der Waals surface area contributed by atoms with Crippen LogP contribution in [-0.2, 0) is 33.2 Å². The van der Waals surface area contributed by atoms with E-state index in [2.05, 4.69) is 52.1 Å². The number of amides is 1. The number of carbonyl (C=O) groups excluding carboxylic acids is 1. The van der Waals surface area contributed by atoms with Crippen molar-refractivity contribution >= 4 is 45.9 Å². The van der Waals surface area contributed by atoms with Crippen LogP contribution in [-0.4, -0.2) is 54.8 Å². The van der Waals surface area contributed by atoms with E-state index in [9.17, 15) is 115 Å². The highest BCUT2D eigenvalue weighted by atomic mass is 35.5. The van der Waals surface area contributed by atoms with Crippen LogP contribution in [0.3, 0.4) is 0 Å². The van der Waals surface area contributed by atoms with Gasteiger partial charge in [-0.15, -0.1) is 0 Å². The number of carbonyl (C=O) groups is 1. The lowest BCUT2D eigenvalue weighted by atomic mass is 10.1. The van der Waals surface area contributed by atoms with Crippen LogP contribution in [0.2, 0.25) is 5.02 Å². The Hall–Kier alpha value is -14.5. The minimum atomic E-state index is -3.04. The first kappa shape index (κ1) is 99.0. The summed E-state index contributed by atoms with van der Waals surface area (Å²) in [6.45, 7) is -8.94. The lowest BCUT2D eigenvalue weighted by Gasteiger charge is -2.10. The van der Waals surface area contributed by atoms with Gasteiger partial charge in [0.25, 0.3) is 31.6 Å². The van der Waals surface area contributed by atoms with Gasteiger partial charge in [-0.1, -0.05) is 103 Å². The van der Waals surface area contributed by atoms with Crippen molar-refractivity contribution in [3.05, 3.63) is 356 Å². The van der Waals surface area contributed by atoms with Gasteiger partial charge in [0, 0.05) is 143 Å². The predicted octanol–water partition coefficient (Wildman–Crippen LogP) is 27.8. The molecule has 5 heterocycles. The molecule has 696 valence electrons. The van der Waals surface area contributed by atoms with Gasteiger partial charge in [0.15, 0.2) is 11.6 Å². The van der Waals surface area contributed by atoms with Crippen LogP contribution in [0.5, 0.6) is 0 Å². The Morgan fingerprint density at radius 2 is 0.647 bits per heavy atom. The van der Waals surface area contributed by atoms with E-state index >= 15 is 0 Å². The maximum absolute atomic E-state index is 14.5. The summed E-state index contributed by atoms with van der Waals surface area (Å²) in [4.78, 5) is 12.2. The highest BCUT2D eigenvalue weighted by molar-refractivity contribution is 6.34. The largest absolute Gasteiger partial charge is 0.381 e. The number of rotatable bonds is 27. The monoisotopic (exact) mass is 1900 g/mol. The Labute approximate surface area is 743 Å². The van der Waals surface area contributed by atoms with Crippen LogP contribution >= 0.6 is 11.6 Å². The molecule has 16 nitrogen and oxygen atoms in total. The van der Waals surface area contributed by atoms with Crippen molar-refractivity contribution in [3.8, 4) is 55.6 Å². The molecule has 42 heteroatoms. The quantitative estimate of drug-likeness (QED) is 0.0313. The van der Waals surface area contributed by atoms with Gasteiger partial charge < -0.3 is 26.6 Å².